The van der Waals surface area contributed by atoms with Gasteiger partial charge in [-0.2, -0.15) is 10.1 Å². The van der Waals surface area contributed by atoms with E-state index in [2.05, 4.69) is 44.9 Å². The quantitative estimate of drug-likeness (QED) is 0.434. The van der Waals surface area contributed by atoms with Gasteiger partial charge in [0, 0.05) is 18.3 Å². The molecule has 0 bridgehead atoms. The summed E-state index contributed by atoms with van der Waals surface area (Å²) < 4.78 is 22.7. The molecule has 0 aliphatic heterocycles. The molecule has 1 N–H and O–H groups in total. The number of methoxy groups -OCH3 is 1. The topological polar surface area (TPSA) is 131 Å². The Labute approximate surface area is 188 Å². The van der Waals surface area contributed by atoms with Gasteiger partial charge in [-0.05, 0) is 27.7 Å². The molecule has 2 aromatic heterocycles. The highest BCUT2D eigenvalue weighted by Gasteiger charge is 2.25. The van der Waals surface area contributed by atoms with E-state index in [1.165, 1.54) is 7.11 Å². The largest absolute Gasteiger partial charge is 0.469 e. The Morgan fingerprint density at radius 3 is 2.56 bits per heavy atom. The molecule has 0 aliphatic carbocycles. The van der Waals surface area contributed by atoms with Crippen molar-refractivity contribution >= 4 is 26.0 Å². The molecule has 32 heavy (non-hydrogen) atoms. The van der Waals surface area contributed by atoms with Crippen molar-refractivity contribution in [3.05, 3.63) is 12.1 Å². The number of hydrogen-bond acceptors (Lipinski definition) is 9. The third kappa shape index (κ3) is 7.75. The van der Waals surface area contributed by atoms with Crippen molar-refractivity contribution in [2.45, 2.75) is 78.2 Å². The van der Waals surface area contributed by atoms with E-state index in [1.54, 1.807) is 31.6 Å². The second-order valence-corrected chi connectivity index (χ2v) is 15.0. The summed E-state index contributed by atoms with van der Waals surface area (Å²) in [6.45, 7) is 14.2. The van der Waals surface area contributed by atoms with Crippen molar-refractivity contribution < 1.29 is 28.3 Å². The molecule has 0 aromatic carbocycles. The molecular weight excluding hydrogens is 434 g/mol. The average Bonchev–Trinajstić information content (AvgIpc) is 3.28. The van der Waals surface area contributed by atoms with Crippen LogP contribution in [0.15, 0.2) is 10.7 Å². The molecule has 1 amide bonds. The molecule has 0 saturated heterocycles. The molecule has 11 nitrogen and oxygen atoms in total. The van der Waals surface area contributed by atoms with Crippen LogP contribution in [0.25, 0.3) is 11.4 Å². The van der Waals surface area contributed by atoms with E-state index in [-0.39, 0.29) is 48.8 Å². The number of nitrogens with zero attached hydrogens (tertiary/aromatic N) is 4. The van der Waals surface area contributed by atoms with Gasteiger partial charge < -0.3 is 18.7 Å². The van der Waals surface area contributed by atoms with E-state index >= 15 is 0 Å². The zero-order valence-corrected chi connectivity index (χ0v) is 21.0. The third-order valence-corrected chi connectivity index (χ3v) is 7.14. The predicted octanol–water partition coefficient (Wildman–Crippen LogP) is 3.63. The molecule has 2 rings (SSSR count). The average molecular weight is 468 g/mol. The first kappa shape index (κ1) is 25.5. The number of ether oxygens (including phenoxy) is 3. The number of esters is 1. The van der Waals surface area contributed by atoms with Crippen LogP contribution in [0.5, 0.6) is 0 Å². The standard InChI is InChI=1S/C20H33N5O6Si/c1-13(32(6,7)8)29-12-25-11-14(17(23-25)22-19(27)30-20(2,3)4)18-21-15(31-24-18)9-10-16(26)28-5/h11,13H,9-10,12H2,1-8H3,(H,22,23,27). The van der Waals surface area contributed by atoms with Gasteiger partial charge >= 0.3 is 12.1 Å². The van der Waals surface area contributed by atoms with Gasteiger partial charge in [0.25, 0.3) is 0 Å². The van der Waals surface area contributed by atoms with Gasteiger partial charge in [-0.15, -0.1) is 0 Å². The number of aromatic nitrogens is 4. The van der Waals surface area contributed by atoms with Crippen LogP contribution in [0, 0.1) is 0 Å². The zero-order chi connectivity index (χ0) is 24.1. The maximum absolute atomic E-state index is 12.3. The van der Waals surface area contributed by atoms with Crippen molar-refractivity contribution in [2.24, 2.45) is 0 Å². The number of nitrogens with one attached hydrogen (secondary N) is 1. The molecule has 0 aliphatic rings. The Hall–Kier alpha value is -2.73. The Morgan fingerprint density at radius 1 is 1.28 bits per heavy atom. The second-order valence-electron chi connectivity index (χ2n) is 9.45. The fourth-order valence-electron chi connectivity index (χ4n) is 2.36. The van der Waals surface area contributed by atoms with E-state index in [1.807, 2.05) is 6.92 Å². The minimum Gasteiger partial charge on any atom is -0.469 e. The lowest BCUT2D eigenvalue weighted by Crippen LogP contribution is -2.38. The van der Waals surface area contributed by atoms with Crippen LogP contribution in [0.4, 0.5) is 10.6 Å². The van der Waals surface area contributed by atoms with Crippen LogP contribution in [0.1, 0.15) is 40.0 Å². The van der Waals surface area contributed by atoms with Crippen LogP contribution >= 0.6 is 0 Å². The van der Waals surface area contributed by atoms with Crippen molar-refractivity contribution in [2.75, 3.05) is 12.4 Å². The fourth-order valence-corrected chi connectivity index (χ4v) is 2.93. The van der Waals surface area contributed by atoms with Crippen LogP contribution in [-0.4, -0.2) is 58.5 Å². The SMILES string of the molecule is COC(=O)CCc1nc(-c2cn(COC(C)[Si](C)(C)C)nc2NC(=O)OC(C)(C)C)no1. The number of rotatable bonds is 9. The first-order chi connectivity index (χ1) is 14.8. The van der Waals surface area contributed by atoms with Crippen LogP contribution in [-0.2, 0) is 32.2 Å². The lowest BCUT2D eigenvalue weighted by Gasteiger charge is -2.25. The van der Waals surface area contributed by atoms with Gasteiger partial charge in [-0.1, -0.05) is 24.8 Å². The number of hydrogen-bond donors (Lipinski definition) is 1. The van der Waals surface area contributed by atoms with Crippen LogP contribution in [0.2, 0.25) is 19.6 Å². The lowest BCUT2D eigenvalue weighted by atomic mass is 10.2. The van der Waals surface area contributed by atoms with Crippen molar-refractivity contribution in [1.29, 1.82) is 0 Å². The third-order valence-electron chi connectivity index (χ3n) is 4.54. The highest BCUT2D eigenvalue weighted by atomic mass is 28.3. The summed E-state index contributed by atoms with van der Waals surface area (Å²) in [7, 11) is -0.172. The molecule has 0 saturated carbocycles. The minimum atomic E-state index is -1.49. The predicted molar refractivity (Wildman–Crippen MR) is 120 cm³/mol. The Balaban J connectivity index is 2.24. The summed E-state index contributed by atoms with van der Waals surface area (Å²) in [5.41, 5.74) is -0.128. The van der Waals surface area contributed by atoms with Gasteiger partial charge in [-0.25, -0.2) is 9.48 Å². The monoisotopic (exact) mass is 467 g/mol. The van der Waals surface area contributed by atoms with E-state index in [0.717, 1.165) is 0 Å². The van der Waals surface area contributed by atoms with E-state index in [0.29, 0.717) is 5.56 Å². The number of carbonyl (C=O) groups is 2. The minimum absolute atomic E-state index is 0.104. The lowest BCUT2D eigenvalue weighted by molar-refractivity contribution is -0.140. The molecule has 0 radical (unpaired) electrons. The molecule has 2 aromatic rings. The van der Waals surface area contributed by atoms with Gasteiger partial charge in [0.05, 0.1) is 27.2 Å². The normalized spacial score (nSPS) is 13.0. The summed E-state index contributed by atoms with van der Waals surface area (Å²) in [4.78, 5) is 28.0. The van der Waals surface area contributed by atoms with Gasteiger partial charge in [0.2, 0.25) is 11.7 Å². The number of carbonyl (C=O) groups excluding carboxylic acids is 2. The van der Waals surface area contributed by atoms with Crippen molar-refractivity contribution in [3.8, 4) is 11.4 Å². The molecule has 12 heteroatoms. The molecule has 0 spiro atoms. The highest BCUT2D eigenvalue weighted by molar-refractivity contribution is 6.77. The molecule has 0 fully saturated rings. The molecule has 1 unspecified atom stereocenters. The maximum Gasteiger partial charge on any atom is 0.413 e. The first-order valence-electron chi connectivity index (χ1n) is 10.4. The molecular formula is C20H33N5O6Si. The number of aryl methyl sites for hydroxylation is 1. The van der Waals surface area contributed by atoms with Crippen molar-refractivity contribution in [1.82, 2.24) is 19.9 Å². The fraction of sp³-hybridized carbons (Fsp3) is 0.650. The van der Waals surface area contributed by atoms with Gasteiger partial charge in [-0.3, -0.25) is 10.1 Å². The van der Waals surface area contributed by atoms with Crippen LogP contribution in [0.3, 0.4) is 0 Å². The van der Waals surface area contributed by atoms with E-state index in [9.17, 15) is 9.59 Å². The van der Waals surface area contributed by atoms with Crippen LogP contribution < -0.4 is 5.32 Å². The Kier molecular flexibility index (Phi) is 8.18. The second kappa shape index (κ2) is 10.3. The number of anilines is 1. The summed E-state index contributed by atoms with van der Waals surface area (Å²) in [6.07, 6.45) is 1.36. The van der Waals surface area contributed by atoms with E-state index < -0.39 is 19.8 Å². The Morgan fingerprint density at radius 2 is 1.97 bits per heavy atom. The number of amides is 1. The summed E-state index contributed by atoms with van der Waals surface area (Å²) >= 11 is 0. The smallest absolute Gasteiger partial charge is 0.413 e. The van der Waals surface area contributed by atoms with Crippen molar-refractivity contribution in [3.63, 3.8) is 0 Å². The summed E-state index contributed by atoms with van der Waals surface area (Å²) in [6, 6.07) is 0. The molecule has 1 atom stereocenters. The zero-order valence-electron chi connectivity index (χ0n) is 20.0. The molecule has 2 heterocycles. The van der Waals surface area contributed by atoms with Gasteiger partial charge in [0.1, 0.15) is 12.3 Å². The van der Waals surface area contributed by atoms with Gasteiger partial charge in [0.15, 0.2) is 5.82 Å². The first-order valence-corrected chi connectivity index (χ1v) is 13.9. The molecule has 178 valence electrons. The maximum atomic E-state index is 12.3. The van der Waals surface area contributed by atoms with E-state index in [4.69, 9.17) is 14.0 Å². The summed E-state index contributed by atoms with van der Waals surface area (Å²) in [5.74, 6) is 0.327. The summed E-state index contributed by atoms with van der Waals surface area (Å²) in [5, 5.41) is 11.0. The Bertz CT molecular complexity index is 928. The highest BCUT2D eigenvalue weighted by Crippen LogP contribution is 2.26.